The summed E-state index contributed by atoms with van der Waals surface area (Å²) in [5.41, 5.74) is 2.59. The zero-order valence-corrected chi connectivity index (χ0v) is 12.2. The van der Waals surface area contributed by atoms with Gasteiger partial charge in [0, 0.05) is 18.6 Å². The third-order valence-corrected chi connectivity index (χ3v) is 3.30. The third-order valence-electron chi connectivity index (χ3n) is 3.07. The number of rotatable bonds is 4. The standard InChI is InChI=1S/C16H15ClN2O/c1-19(11-12-3-6-15(20-2)7-4-12)16-8-5-14(17)9-13(16)10-18/h3-9H,11H2,1-2H3. The molecule has 2 aromatic carbocycles. The Morgan fingerprint density at radius 3 is 2.50 bits per heavy atom. The first-order valence-corrected chi connectivity index (χ1v) is 6.55. The van der Waals surface area contributed by atoms with E-state index in [2.05, 4.69) is 6.07 Å². The maximum Gasteiger partial charge on any atom is 0.118 e. The number of hydrogen-bond donors (Lipinski definition) is 0. The SMILES string of the molecule is COc1ccc(CN(C)c2ccc(Cl)cc2C#N)cc1. The number of benzene rings is 2. The molecular weight excluding hydrogens is 272 g/mol. The summed E-state index contributed by atoms with van der Waals surface area (Å²) in [5.74, 6) is 0.834. The molecule has 0 saturated carbocycles. The van der Waals surface area contributed by atoms with Crippen LogP contribution in [0.3, 0.4) is 0 Å². The van der Waals surface area contributed by atoms with Crippen molar-refractivity contribution in [2.45, 2.75) is 6.54 Å². The molecule has 20 heavy (non-hydrogen) atoms. The van der Waals surface area contributed by atoms with Crippen LogP contribution in [0.5, 0.6) is 5.75 Å². The predicted molar refractivity (Wildman–Crippen MR) is 81.3 cm³/mol. The first kappa shape index (κ1) is 14.2. The van der Waals surface area contributed by atoms with E-state index < -0.39 is 0 Å². The topological polar surface area (TPSA) is 36.3 Å². The number of methoxy groups -OCH3 is 1. The molecule has 0 aliphatic carbocycles. The number of ether oxygens (including phenoxy) is 1. The van der Waals surface area contributed by atoms with Gasteiger partial charge >= 0.3 is 0 Å². The van der Waals surface area contributed by atoms with Crippen LogP contribution >= 0.6 is 11.6 Å². The summed E-state index contributed by atoms with van der Waals surface area (Å²) in [5, 5.41) is 9.75. The van der Waals surface area contributed by atoms with Crippen LogP contribution in [0, 0.1) is 11.3 Å². The van der Waals surface area contributed by atoms with E-state index in [9.17, 15) is 5.26 Å². The number of halogens is 1. The fourth-order valence-electron chi connectivity index (χ4n) is 2.02. The van der Waals surface area contributed by atoms with Crippen LogP contribution in [0.4, 0.5) is 5.69 Å². The maximum atomic E-state index is 9.17. The molecule has 0 amide bonds. The third kappa shape index (κ3) is 3.23. The molecule has 0 unspecified atom stereocenters. The Kier molecular flexibility index (Phi) is 4.49. The lowest BCUT2D eigenvalue weighted by Crippen LogP contribution is -2.17. The largest absolute Gasteiger partial charge is 0.497 e. The Labute approximate surface area is 124 Å². The number of anilines is 1. The molecule has 0 spiro atoms. The number of nitrogens with zero attached hydrogens (tertiary/aromatic N) is 2. The molecule has 102 valence electrons. The van der Waals surface area contributed by atoms with E-state index in [4.69, 9.17) is 16.3 Å². The average molecular weight is 287 g/mol. The Balaban J connectivity index is 2.19. The Hall–Kier alpha value is -2.18. The van der Waals surface area contributed by atoms with Gasteiger partial charge in [-0.05, 0) is 35.9 Å². The van der Waals surface area contributed by atoms with Gasteiger partial charge in [-0.1, -0.05) is 23.7 Å². The quantitative estimate of drug-likeness (QED) is 0.856. The lowest BCUT2D eigenvalue weighted by Gasteiger charge is -2.21. The van der Waals surface area contributed by atoms with Crippen molar-refractivity contribution in [2.24, 2.45) is 0 Å². The fraction of sp³-hybridized carbons (Fsp3) is 0.188. The van der Waals surface area contributed by atoms with Gasteiger partial charge in [0.15, 0.2) is 0 Å². The van der Waals surface area contributed by atoms with Crippen molar-refractivity contribution < 1.29 is 4.74 Å². The summed E-state index contributed by atoms with van der Waals surface area (Å²) in [7, 11) is 3.60. The Bertz CT molecular complexity index is 632. The smallest absolute Gasteiger partial charge is 0.118 e. The van der Waals surface area contributed by atoms with Crippen molar-refractivity contribution in [3.05, 3.63) is 58.6 Å². The predicted octanol–water partition coefficient (Wildman–Crippen LogP) is 3.86. The van der Waals surface area contributed by atoms with Crippen LogP contribution in [-0.2, 0) is 6.54 Å². The van der Waals surface area contributed by atoms with Crippen LogP contribution in [0.2, 0.25) is 5.02 Å². The molecule has 0 aromatic heterocycles. The molecule has 2 aromatic rings. The van der Waals surface area contributed by atoms with Crippen LogP contribution in [-0.4, -0.2) is 14.2 Å². The molecule has 0 aliphatic heterocycles. The van der Waals surface area contributed by atoms with Crippen LogP contribution in [0.25, 0.3) is 0 Å². The second-order valence-electron chi connectivity index (χ2n) is 4.48. The van der Waals surface area contributed by atoms with Gasteiger partial charge in [-0.2, -0.15) is 5.26 Å². The van der Waals surface area contributed by atoms with Crippen molar-refractivity contribution in [3.63, 3.8) is 0 Å². The minimum absolute atomic E-state index is 0.572. The zero-order valence-electron chi connectivity index (χ0n) is 11.4. The van der Waals surface area contributed by atoms with E-state index in [0.717, 1.165) is 17.0 Å². The fourth-order valence-corrected chi connectivity index (χ4v) is 2.19. The van der Waals surface area contributed by atoms with E-state index in [0.29, 0.717) is 17.1 Å². The van der Waals surface area contributed by atoms with Gasteiger partial charge < -0.3 is 9.64 Å². The molecular formula is C16H15ClN2O. The molecule has 0 aliphatic rings. The lowest BCUT2D eigenvalue weighted by atomic mass is 10.1. The van der Waals surface area contributed by atoms with Crippen molar-refractivity contribution in [1.82, 2.24) is 0 Å². The summed E-state index contributed by atoms with van der Waals surface area (Å²) in [6, 6.07) is 15.4. The number of nitriles is 1. The normalized spacial score (nSPS) is 9.90. The zero-order chi connectivity index (χ0) is 14.5. The van der Waals surface area contributed by atoms with Gasteiger partial charge in [0.1, 0.15) is 11.8 Å². The van der Waals surface area contributed by atoms with E-state index in [1.54, 1.807) is 19.2 Å². The lowest BCUT2D eigenvalue weighted by molar-refractivity contribution is 0.414. The molecule has 0 heterocycles. The highest BCUT2D eigenvalue weighted by atomic mass is 35.5. The highest BCUT2D eigenvalue weighted by Crippen LogP contribution is 2.24. The van der Waals surface area contributed by atoms with Crippen LogP contribution in [0.15, 0.2) is 42.5 Å². The van der Waals surface area contributed by atoms with Gasteiger partial charge in [-0.15, -0.1) is 0 Å². The molecule has 0 atom stereocenters. The van der Waals surface area contributed by atoms with Gasteiger partial charge in [-0.3, -0.25) is 0 Å². The number of hydrogen-bond acceptors (Lipinski definition) is 3. The first-order valence-electron chi connectivity index (χ1n) is 6.17. The Morgan fingerprint density at radius 1 is 1.20 bits per heavy atom. The van der Waals surface area contributed by atoms with Crippen LogP contribution in [0.1, 0.15) is 11.1 Å². The highest BCUT2D eigenvalue weighted by molar-refractivity contribution is 6.30. The second-order valence-corrected chi connectivity index (χ2v) is 4.91. The maximum absolute atomic E-state index is 9.17. The molecule has 0 saturated heterocycles. The molecule has 3 nitrogen and oxygen atoms in total. The van der Waals surface area contributed by atoms with Gasteiger partial charge in [0.05, 0.1) is 18.4 Å². The average Bonchev–Trinajstić information content (AvgIpc) is 2.47. The van der Waals surface area contributed by atoms with Crippen molar-refractivity contribution in [1.29, 1.82) is 5.26 Å². The molecule has 4 heteroatoms. The summed E-state index contributed by atoms with van der Waals surface area (Å²) < 4.78 is 5.14. The highest BCUT2D eigenvalue weighted by Gasteiger charge is 2.08. The van der Waals surface area contributed by atoms with E-state index in [-0.39, 0.29) is 0 Å². The van der Waals surface area contributed by atoms with Gasteiger partial charge in [0.2, 0.25) is 0 Å². The van der Waals surface area contributed by atoms with Crippen molar-refractivity contribution in [3.8, 4) is 11.8 Å². The van der Waals surface area contributed by atoms with Crippen molar-refractivity contribution in [2.75, 3.05) is 19.1 Å². The second kappa shape index (κ2) is 6.31. The van der Waals surface area contributed by atoms with Gasteiger partial charge in [0.25, 0.3) is 0 Å². The summed E-state index contributed by atoms with van der Waals surface area (Å²) in [4.78, 5) is 2.02. The monoisotopic (exact) mass is 286 g/mol. The summed E-state index contributed by atoms with van der Waals surface area (Å²) in [6.07, 6.45) is 0. The van der Waals surface area contributed by atoms with E-state index in [1.807, 2.05) is 42.3 Å². The minimum atomic E-state index is 0.572. The minimum Gasteiger partial charge on any atom is -0.497 e. The van der Waals surface area contributed by atoms with E-state index in [1.165, 1.54) is 0 Å². The summed E-state index contributed by atoms with van der Waals surface area (Å²) in [6.45, 7) is 0.709. The first-order chi connectivity index (χ1) is 9.63. The Morgan fingerprint density at radius 2 is 1.90 bits per heavy atom. The van der Waals surface area contributed by atoms with Gasteiger partial charge in [-0.25, -0.2) is 0 Å². The molecule has 0 radical (unpaired) electrons. The van der Waals surface area contributed by atoms with Crippen LogP contribution < -0.4 is 9.64 Å². The molecule has 0 bridgehead atoms. The summed E-state index contributed by atoms with van der Waals surface area (Å²) >= 11 is 5.91. The molecule has 2 rings (SSSR count). The van der Waals surface area contributed by atoms with E-state index >= 15 is 0 Å². The molecule has 0 fully saturated rings. The molecule has 0 N–H and O–H groups in total. The van der Waals surface area contributed by atoms with Crippen molar-refractivity contribution >= 4 is 17.3 Å².